The summed E-state index contributed by atoms with van der Waals surface area (Å²) >= 11 is 0. The Hall–Kier alpha value is -3.41. The van der Waals surface area contributed by atoms with Crippen LogP contribution in [0.25, 0.3) is 17.2 Å². The van der Waals surface area contributed by atoms with Gasteiger partial charge in [0, 0.05) is 13.0 Å². The summed E-state index contributed by atoms with van der Waals surface area (Å²) in [7, 11) is 0. The van der Waals surface area contributed by atoms with Crippen molar-refractivity contribution in [2.45, 2.75) is 19.8 Å². The third-order valence-electron chi connectivity index (χ3n) is 4.29. The van der Waals surface area contributed by atoms with Gasteiger partial charge in [-0.15, -0.1) is 0 Å². The van der Waals surface area contributed by atoms with Gasteiger partial charge in [0.2, 0.25) is 0 Å². The zero-order valence-corrected chi connectivity index (χ0v) is 14.8. The van der Waals surface area contributed by atoms with Crippen molar-refractivity contribution >= 4 is 24.0 Å². The van der Waals surface area contributed by atoms with E-state index in [1.165, 1.54) is 6.08 Å². The number of ether oxygens (including phenoxy) is 1. The second-order valence-corrected chi connectivity index (χ2v) is 6.27. The van der Waals surface area contributed by atoms with Gasteiger partial charge in [-0.2, -0.15) is 0 Å². The monoisotopic (exact) mass is 365 g/mol. The number of cyclic esters (lactones) is 1. The van der Waals surface area contributed by atoms with Crippen LogP contribution in [-0.4, -0.2) is 34.5 Å². The van der Waals surface area contributed by atoms with Gasteiger partial charge in [-0.1, -0.05) is 42.5 Å². The van der Waals surface area contributed by atoms with E-state index in [0.717, 1.165) is 27.2 Å². The van der Waals surface area contributed by atoms with Crippen LogP contribution in [-0.2, 0) is 14.3 Å². The number of imide groups is 1. The average Bonchev–Trinajstić information content (AvgIpc) is 2.89. The minimum absolute atomic E-state index is 0.0184. The number of aryl methyl sites for hydroxylation is 1. The van der Waals surface area contributed by atoms with Crippen molar-refractivity contribution in [3.63, 3.8) is 0 Å². The molecule has 0 bridgehead atoms. The summed E-state index contributed by atoms with van der Waals surface area (Å²) in [5.74, 6) is -1.58. The third kappa shape index (κ3) is 4.23. The van der Waals surface area contributed by atoms with Crippen molar-refractivity contribution in [3.05, 3.63) is 65.4 Å². The first-order chi connectivity index (χ1) is 13.0. The van der Waals surface area contributed by atoms with Crippen LogP contribution in [0.1, 0.15) is 24.0 Å². The molecule has 1 aliphatic rings. The topological polar surface area (TPSA) is 83.9 Å². The molecule has 0 radical (unpaired) electrons. The Kier molecular flexibility index (Phi) is 5.35. The first kappa shape index (κ1) is 18.4. The largest absolute Gasteiger partial charge is 0.481 e. The van der Waals surface area contributed by atoms with E-state index < -0.39 is 18.0 Å². The fourth-order valence-corrected chi connectivity index (χ4v) is 2.93. The number of hydrogen-bond donors (Lipinski definition) is 1. The molecule has 2 aromatic rings. The molecule has 1 saturated heterocycles. The molecule has 3 rings (SSSR count). The minimum Gasteiger partial charge on any atom is -0.481 e. The Bertz CT molecular complexity index is 932. The number of carboxylic acids is 1. The van der Waals surface area contributed by atoms with Crippen molar-refractivity contribution in [1.29, 1.82) is 0 Å². The fraction of sp³-hybridized carbons (Fsp3) is 0.190. The van der Waals surface area contributed by atoms with E-state index in [1.807, 2.05) is 55.5 Å². The molecule has 2 aromatic carbocycles. The zero-order valence-electron chi connectivity index (χ0n) is 14.8. The molecule has 1 N–H and O–H groups in total. The summed E-state index contributed by atoms with van der Waals surface area (Å²) in [6.45, 7) is 2.04. The lowest BCUT2D eigenvalue weighted by Crippen LogP contribution is -2.30. The number of amides is 2. The molecular weight excluding hydrogens is 346 g/mol. The maximum Gasteiger partial charge on any atom is 0.422 e. The molecule has 2 amide bonds. The summed E-state index contributed by atoms with van der Waals surface area (Å²) in [5.41, 5.74) is 3.95. The standard InChI is InChI=1S/C21H19NO5/c1-14-6-2-3-9-17(14)16-8-4-7-15(12-16)13-18-20(25)22(21(26)27-18)11-5-10-19(23)24/h2-4,6-9,12-13H,5,10-11H2,1H3,(H,23,24)/b18-13-. The van der Waals surface area contributed by atoms with Crippen LogP contribution in [0, 0.1) is 6.92 Å². The zero-order chi connectivity index (χ0) is 19.4. The van der Waals surface area contributed by atoms with Crippen molar-refractivity contribution in [2.24, 2.45) is 0 Å². The van der Waals surface area contributed by atoms with Gasteiger partial charge >= 0.3 is 12.1 Å². The first-order valence-corrected chi connectivity index (χ1v) is 8.59. The molecule has 1 heterocycles. The summed E-state index contributed by atoms with van der Waals surface area (Å²) in [6.07, 6.45) is 0.826. The molecule has 27 heavy (non-hydrogen) atoms. The number of carboxylic acid groups (broad SMARTS) is 1. The highest BCUT2D eigenvalue weighted by molar-refractivity contribution is 6.10. The Morgan fingerprint density at radius 3 is 2.67 bits per heavy atom. The van der Waals surface area contributed by atoms with Gasteiger partial charge in [0.25, 0.3) is 5.91 Å². The van der Waals surface area contributed by atoms with Crippen LogP contribution < -0.4 is 0 Å². The maximum absolute atomic E-state index is 12.4. The normalized spacial score (nSPS) is 15.3. The molecule has 0 aliphatic carbocycles. The van der Waals surface area contributed by atoms with Gasteiger partial charge in [0.05, 0.1) is 0 Å². The number of nitrogens with zero attached hydrogens (tertiary/aromatic N) is 1. The fourth-order valence-electron chi connectivity index (χ4n) is 2.93. The quantitative estimate of drug-likeness (QED) is 0.786. The predicted octanol–water partition coefficient (Wildman–Crippen LogP) is 3.85. The highest BCUT2D eigenvalue weighted by Gasteiger charge is 2.36. The summed E-state index contributed by atoms with van der Waals surface area (Å²) in [6, 6.07) is 15.6. The first-order valence-electron chi connectivity index (χ1n) is 8.59. The predicted molar refractivity (Wildman–Crippen MR) is 99.7 cm³/mol. The Balaban J connectivity index is 1.80. The average molecular weight is 365 g/mol. The van der Waals surface area contributed by atoms with E-state index in [0.29, 0.717) is 0 Å². The van der Waals surface area contributed by atoms with Crippen LogP contribution in [0.2, 0.25) is 0 Å². The lowest BCUT2D eigenvalue weighted by molar-refractivity contribution is -0.137. The summed E-state index contributed by atoms with van der Waals surface area (Å²) in [5, 5.41) is 8.67. The molecular formula is C21H19NO5. The molecule has 1 aliphatic heterocycles. The highest BCUT2D eigenvalue weighted by atomic mass is 16.6. The van der Waals surface area contributed by atoms with Crippen molar-refractivity contribution in [3.8, 4) is 11.1 Å². The number of hydrogen-bond acceptors (Lipinski definition) is 4. The van der Waals surface area contributed by atoms with Gasteiger partial charge in [0.15, 0.2) is 5.76 Å². The van der Waals surface area contributed by atoms with Gasteiger partial charge in [-0.25, -0.2) is 9.69 Å². The van der Waals surface area contributed by atoms with Crippen LogP contribution >= 0.6 is 0 Å². The maximum atomic E-state index is 12.4. The smallest absolute Gasteiger partial charge is 0.422 e. The van der Waals surface area contributed by atoms with E-state index in [1.54, 1.807) is 0 Å². The van der Waals surface area contributed by atoms with Gasteiger partial charge in [-0.3, -0.25) is 9.59 Å². The molecule has 0 unspecified atom stereocenters. The minimum atomic E-state index is -0.973. The number of carbonyl (C=O) groups is 3. The Labute approximate surface area is 156 Å². The van der Waals surface area contributed by atoms with Crippen LogP contribution in [0.3, 0.4) is 0 Å². The molecule has 6 heteroatoms. The molecule has 0 saturated carbocycles. The molecule has 6 nitrogen and oxygen atoms in total. The van der Waals surface area contributed by atoms with E-state index >= 15 is 0 Å². The molecule has 1 fully saturated rings. The van der Waals surface area contributed by atoms with E-state index in [4.69, 9.17) is 9.84 Å². The second kappa shape index (κ2) is 7.86. The second-order valence-electron chi connectivity index (χ2n) is 6.27. The molecule has 0 spiro atoms. The van der Waals surface area contributed by atoms with Crippen LogP contribution in [0.5, 0.6) is 0 Å². The third-order valence-corrected chi connectivity index (χ3v) is 4.29. The van der Waals surface area contributed by atoms with E-state index in [2.05, 4.69) is 0 Å². The lowest BCUT2D eigenvalue weighted by atomic mass is 9.99. The van der Waals surface area contributed by atoms with Gasteiger partial charge in [-0.05, 0) is 47.7 Å². The summed E-state index contributed by atoms with van der Waals surface area (Å²) < 4.78 is 5.07. The van der Waals surface area contributed by atoms with Crippen LogP contribution in [0.4, 0.5) is 4.79 Å². The molecule has 138 valence electrons. The SMILES string of the molecule is Cc1ccccc1-c1cccc(/C=C2\OC(=O)N(CCCC(=O)O)C2=O)c1. The van der Waals surface area contributed by atoms with Crippen molar-refractivity contribution in [1.82, 2.24) is 4.90 Å². The van der Waals surface area contributed by atoms with Gasteiger partial charge in [0.1, 0.15) is 0 Å². The summed E-state index contributed by atoms with van der Waals surface area (Å²) in [4.78, 5) is 35.8. The van der Waals surface area contributed by atoms with Crippen LogP contribution in [0.15, 0.2) is 54.3 Å². The molecule has 0 aromatic heterocycles. The Morgan fingerprint density at radius 2 is 1.93 bits per heavy atom. The lowest BCUT2D eigenvalue weighted by Gasteiger charge is -2.08. The Morgan fingerprint density at radius 1 is 1.15 bits per heavy atom. The highest BCUT2D eigenvalue weighted by Crippen LogP contribution is 2.26. The number of rotatable bonds is 6. The number of aliphatic carboxylic acids is 1. The van der Waals surface area contributed by atoms with Crippen molar-refractivity contribution in [2.75, 3.05) is 6.54 Å². The van der Waals surface area contributed by atoms with E-state index in [-0.39, 0.29) is 25.1 Å². The number of benzene rings is 2. The van der Waals surface area contributed by atoms with E-state index in [9.17, 15) is 14.4 Å². The van der Waals surface area contributed by atoms with Crippen molar-refractivity contribution < 1.29 is 24.2 Å². The van der Waals surface area contributed by atoms with Gasteiger partial charge < -0.3 is 9.84 Å². The number of carbonyl (C=O) groups excluding carboxylic acids is 2. The molecule has 0 atom stereocenters.